The smallest absolute Gasteiger partial charge is 0.272 e. The molecule has 4 aromatic rings. The highest BCUT2D eigenvalue weighted by Crippen LogP contribution is 2.27. The zero-order chi connectivity index (χ0) is 14.4. The summed E-state index contributed by atoms with van der Waals surface area (Å²) >= 11 is 0. The Kier molecular flexibility index (Phi) is 2.38. The zero-order valence-electron chi connectivity index (χ0n) is 11.2. The Morgan fingerprint density at radius 1 is 0.857 bits per heavy atom. The number of hydrogen-bond donors (Lipinski definition) is 3. The van der Waals surface area contributed by atoms with E-state index in [0.29, 0.717) is 5.52 Å². The molecule has 0 amide bonds. The average molecular weight is 275 g/mol. The van der Waals surface area contributed by atoms with Crippen LogP contribution in [0, 0.1) is 0 Å². The summed E-state index contributed by atoms with van der Waals surface area (Å²) in [5.74, 6) is 0. The van der Waals surface area contributed by atoms with Gasteiger partial charge in [0.25, 0.3) is 5.56 Å². The van der Waals surface area contributed by atoms with E-state index < -0.39 is 0 Å². The fourth-order valence-corrected chi connectivity index (χ4v) is 2.70. The zero-order valence-corrected chi connectivity index (χ0v) is 11.2. The Balaban J connectivity index is 2.03. The average Bonchev–Trinajstić information content (AvgIpc) is 2.98. The Hall–Kier alpha value is -3.01. The Bertz CT molecular complexity index is 1010. The summed E-state index contributed by atoms with van der Waals surface area (Å²) in [4.78, 5) is 17.8. The maximum absolute atomic E-state index is 11.9. The first-order valence-corrected chi connectivity index (χ1v) is 6.71. The largest absolute Gasteiger partial charge is 0.399 e. The number of rotatable bonds is 1. The molecule has 102 valence electrons. The van der Waals surface area contributed by atoms with Gasteiger partial charge in [0, 0.05) is 28.2 Å². The second kappa shape index (κ2) is 4.24. The van der Waals surface area contributed by atoms with Crippen molar-refractivity contribution in [2.45, 2.75) is 0 Å². The van der Waals surface area contributed by atoms with Crippen LogP contribution in [-0.4, -0.2) is 9.97 Å². The molecule has 0 saturated heterocycles. The number of aromatic nitrogens is 2. The van der Waals surface area contributed by atoms with Crippen molar-refractivity contribution in [3.63, 3.8) is 0 Å². The molecule has 4 rings (SSSR count). The summed E-state index contributed by atoms with van der Waals surface area (Å²) < 4.78 is 0. The van der Waals surface area contributed by atoms with Gasteiger partial charge in [0.2, 0.25) is 0 Å². The van der Waals surface area contributed by atoms with Crippen LogP contribution in [0.25, 0.3) is 32.9 Å². The second-order valence-corrected chi connectivity index (χ2v) is 5.10. The standard InChI is InChI=1S/C17H13N3O/c18-12-4-1-10(2-5-12)11-3-6-15-14(9-11)13-7-8-19-16(13)17(21)20-15/h1-9,19H,18H2,(H,20,21). The Morgan fingerprint density at radius 2 is 1.62 bits per heavy atom. The minimum absolute atomic E-state index is 0.0947. The first-order chi connectivity index (χ1) is 10.2. The van der Waals surface area contributed by atoms with E-state index in [1.54, 1.807) is 6.20 Å². The molecule has 2 aromatic heterocycles. The molecule has 0 spiro atoms. The summed E-state index contributed by atoms with van der Waals surface area (Å²) in [7, 11) is 0. The SMILES string of the molecule is Nc1ccc(-c2ccc3[nH]c(=O)c4[nH]ccc4c3c2)cc1. The highest BCUT2D eigenvalue weighted by atomic mass is 16.1. The van der Waals surface area contributed by atoms with Gasteiger partial charge in [-0.25, -0.2) is 0 Å². The van der Waals surface area contributed by atoms with Crippen molar-refractivity contribution in [1.82, 2.24) is 9.97 Å². The van der Waals surface area contributed by atoms with Crippen LogP contribution in [-0.2, 0) is 0 Å². The molecule has 4 N–H and O–H groups in total. The summed E-state index contributed by atoms with van der Waals surface area (Å²) in [6, 6.07) is 15.7. The van der Waals surface area contributed by atoms with E-state index in [2.05, 4.69) is 16.0 Å². The van der Waals surface area contributed by atoms with Gasteiger partial charge in [-0.2, -0.15) is 0 Å². The summed E-state index contributed by atoms with van der Waals surface area (Å²) in [6.45, 7) is 0. The lowest BCUT2D eigenvalue weighted by Gasteiger charge is -2.06. The number of nitrogens with two attached hydrogens (primary N) is 1. The molecule has 4 heteroatoms. The molecule has 0 aliphatic rings. The number of pyridine rings is 1. The van der Waals surface area contributed by atoms with Crippen molar-refractivity contribution >= 4 is 27.5 Å². The van der Waals surface area contributed by atoms with Crippen LogP contribution in [0.15, 0.2) is 59.5 Å². The number of nitrogens with one attached hydrogen (secondary N) is 2. The topological polar surface area (TPSA) is 74.7 Å². The van der Waals surface area contributed by atoms with Crippen molar-refractivity contribution in [3.05, 3.63) is 65.1 Å². The fraction of sp³-hybridized carbons (Fsp3) is 0. The molecule has 0 saturated carbocycles. The van der Waals surface area contributed by atoms with Gasteiger partial charge in [0.1, 0.15) is 5.52 Å². The molecule has 2 aromatic carbocycles. The van der Waals surface area contributed by atoms with E-state index in [-0.39, 0.29) is 5.56 Å². The lowest BCUT2D eigenvalue weighted by molar-refractivity contribution is 1.31. The van der Waals surface area contributed by atoms with Gasteiger partial charge in [-0.1, -0.05) is 18.2 Å². The third-order valence-corrected chi connectivity index (χ3v) is 3.78. The van der Waals surface area contributed by atoms with Gasteiger partial charge in [-0.15, -0.1) is 0 Å². The van der Waals surface area contributed by atoms with Crippen LogP contribution in [0.4, 0.5) is 5.69 Å². The van der Waals surface area contributed by atoms with Crippen LogP contribution >= 0.6 is 0 Å². The molecule has 4 nitrogen and oxygen atoms in total. The number of aromatic amines is 2. The van der Waals surface area contributed by atoms with Crippen molar-refractivity contribution in [2.75, 3.05) is 5.73 Å². The molecular weight excluding hydrogens is 262 g/mol. The number of hydrogen-bond acceptors (Lipinski definition) is 2. The predicted octanol–water partition coefficient (Wildman–Crippen LogP) is 3.26. The van der Waals surface area contributed by atoms with Crippen molar-refractivity contribution in [2.24, 2.45) is 0 Å². The third kappa shape index (κ3) is 1.80. The second-order valence-electron chi connectivity index (χ2n) is 5.10. The molecule has 0 aliphatic heterocycles. The first-order valence-electron chi connectivity index (χ1n) is 6.71. The Labute approximate surface area is 120 Å². The maximum atomic E-state index is 11.9. The third-order valence-electron chi connectivity index (χ3n) is 3.78. The molecule has 0 radical (unpaired) electrons. The van der Waals surface area contributed by atoms with Gasteiger partial charge >= 0.3 is 0 Å². The number of anilines is 1. The molecule has 0 bridgehead atoms. The van der Waals surface area contributed by atoms with Crippen LogP contribution < -0.4 is 11.3 Å². The minimum Gasteiger partial charge on any atom is -0.399 e. The quantitative estimate of drug-likeness (QED) is 0.466. The first kappa shape index (κ1) is 11.8. The van der Waals surface area contributed by atoms with Gasteiger partial charge in [0.05, 0.1) is 0 Å². The van der Waals surface area contributed by atoms with Crippen molar-refractivity contribution in [3.8, 4) is 11.1 Å². The highest BCUT2D eigenvalue weighted by molar-refractivity contribution is 6.05. The van der Waals surface area contributed by atoms with Crippen LogP contribution in [0.3, 0.4) is 0 Å². The number of nitrogen functional groups attached to an aromatic ring is 1. The van der Waals surface area contributed by atoms with Crippen molar-refractivity contribution in [1.29, 1.82) is 0 Å². The summed E-state index contributed by atoms with van der Waals surface area (Å²) in [5.41, 5.74) is 10.0. The molecule has 0 aliphatic carbocycles. The number of fused-ring (bicyclic) bond motifs is 3. The lowest BCUT2D eigenvalue weighted by Crippen LogP contribution is -2.05. The molecule has 0 atom stereocenters. The van der Waals surface area contributed by atoms with Crippen molar-refractivity contribution < 1.29 is 0 Å². The minimum atomic E-state index is -0.0947. The molecule has 21 heavy (non-hydrogen) atoms. The Morgan fingerprint density at radius 3 is 2.43 bits per heavy atom. The van der Waals surface area contributed by atoms with E-state index in [1.165, 1.54) is 0 Å². The summed E-state index contributed by atoms with van der Waals surface area (Å²) in [5, 5.41) is 1.96. The molecule has 2 heterocycles. The maximum Gasteiger partial charge on any atom is 0.272 e. The van der Waals surface area contributed by atoms with E-state index in [4.69, 9.17) is 5.73 Å². The van der Waals surface area contributed by atoms with Gasteiger partial charge < -0.3 is 15.7 Å². The van der Waals surface area contributed by atoms with Crippen LogP contribution in [0.5, 0.6) is 0 Å². The highest BCUT2D eigenvalue weighted by Gasteiger charge is 2.07. The normalized spacial score (nSPS) is 11.2. The monoisotopic (exact) mass is 275 g/mol. The molecule has 0 unspecified atom stereocenters. The molecule has 0 fully saturated rings. The summed E-state index contributed by atoms with van der Waals surface area (Å²) in [6.07, 6.45) is 1.79. The number of H-pyrrole nitrogens is 2. The van der Waals surface area contributed by atoms with Gasteiger partial charge in [-0.3, -0.25) is 4.79 Å². The number of benzene rings is 2. The fourth-order valence-electron chi connectivity index (χ4n) is 2.70. The predicted molar refractivity (Wildman–Crippen MR) is 86.3 cm³/mol. The van der Waals surface area contributed by atoms with Crippen LogP contribution in [0.1, 0.15) is 0 Å². The van der Waals surface area contributed by atoms with Gasteiger partial charge in [-0.05, 0) is 41.5 Å². The van der Waals surface area contributed by atoms with Crippen LogP contribution in [0.2, 0.25) is 0 Å². The van der Waals surface area contributed by atoms with E-state index >= 15 is 0 Å². The van der Waals surface area contributed by atoms with Gasteiger partial charge in [0.15, 0.2) is 0 Å². The van der Waals surface area contributed by atoms with E-state index in [0.717, 1.165) is 33.1 Å². The van der Waals surface area contributed by atoms with E-state index in [9.17, 15) is 4.79 Å². The molecular formula is C17H13N3O. The lowest BCUT2D eigenvalue weighted by atomic mass is 10.0. The van der Waals surface area contributed by atoms with E-state index in [1.807, 2.05) is 42.5 Å².